The van der Waals surface area contributed by atoms with Crippen molar-refractivity contribution < 1.29 is 22.7 Å². The molecule has 0 atom stereocenters. The number of benzene rings is 2. The smallest absolute Gasteiger partial charge is 0.416 e. The molecule has 0 aliphatic heterocycles. The van der Waals surface area contributed by atoms with E-state index < -0.39 is 17.6 Å². The van der Waals surface area contributed by atoms with Gasteiger partial charge in [0.2, 0.25) is 0 Å². The van der Waals surface area contributed by atoms with Gasteiger partial charge in [0.15, 0.2) is 0 Å². The first-order chi connectivity index (χ1) is 13.3. The topological polar surface area (TPSA) is 78.1 Å². The largest absolute Gasteiger partial charge is 0.489 e. The van der Waals surface area contributed by atoms with Gasteiger partial charge in [-0.1, -0.05) is 23.7 Å². The lowest BCUT2D eigenvalue weighted by atomic mass is 10.1. The van der Waals surface area contributed by atoms with Gasteiger partial charge in [-0.05, 0) is 42.0 Å². The van der Waals surface area contributed by atoms with E-state index in [1.165, 1.54) is 30.5 Å². The van der Waals surface area contributed by atoms with Gasteiger partial charge in [-0.15, -0.1) is 5.10 Å². The van der Waals surface area contributed by atoms with Gasteiger partial charge in [0.1, 0.15) is 18.1 Å². The SMILES string of the molecule is NC(=O)c1ccnnc1-c1ccc(OCc2ccc(C(F)(F)F)cc2)cc1Cl. The van der Waals surface area contributed by atoms with Gasteiger partial charge >= 0.3 is 6.18 Å². The maximum absolute atomic E-state index is 12.6. The van der Waals surface area contributed by atoms with Gasteiger partial charge in [-0.2, -0.15) is 18.3 Å². The first-order valence-corrected chi connectivity index (χ1v) is 8.34. The van der Waals surface area contributed by atoms with Crippen LogP contribution in [0.1, 0.15) is 21.5 Å². The van der Waals surface area contributed by atoms with Crippen molar-refractivity contribution in [3.8, 4) is 17.0 Å². The van der Waals surface area contributed by atoms with Crippen LogP contribution in [0.4, 0.5) is 13.2 Å². The van der Waals surface area contributed by atoms with Crippen LogP contribution in [-0.4, -0.2) is 16.1 Å². The maximum Gasteiger partial charge on any atom is 0.416 e. The lowest BCUT2D eigenvalue weighted by molar-refractivity contribution is -0.137. The molecule has 3 rings (SSSR count). The standard InChI is InChI=1S/C19H13ClF3N3O2/c20-16-9-13(28-10-11-1-3-12(4-2-11)19(21,22)23)5-6-14(16)17-15(18(24)27)7-8-25-26-17/h1-9H,10H2,(H2,24,27). The zero-order valence-corrected chi connectivity index (χ0v) is 15.0. The summed E-state index contributed by atoms with van der Waals surface area (Å²) in [5.41, 5.74) is 6.05. The van der Waals surface area contributed by atoms with Crippen LogP contribution in [0, 0.1) is 0 Å². The Morgan fingerprint density at radius 2 is 1.82 bits per heavy atom. The summed E-state index contributed by atoms with van der Waals surface area (Å²) in [4.78, 5) is 11.5. The fraction of sp³-hybridized carbons (Fsp3) is 0.105. The Balaban J connectivity index is 1.76. The maximum atomic E-state index is 12.6. The third-order valence-electron chi connectivity index (χ3n) is 3.87. The highest BCUT2D eigenvalue weighted by atomic mass is 35.5. The summed E-state index contributed by atoms with van der Waals surface area (Å²) >= 11 is 6.27. The molecule has 5 nitrogen and oxygen atoms in total. The molecule has 0 spiro atoms. The third kappa shape index (κ3) is 4.40. The van der Waals surface area contributed by atoms with Gasteiger partial charge in [0.05, 0.1) is 22.3 Å². The summed E-state index contributed by atoms with van der Waals surface area (Å²) in [5, 5.41) is 7.91. The van der Waals surface area contributed by atoms with Crippen molar-refractivity contribution in [2.45, 2.75) is 12.8 Å². The minimum absolute atomic E-state index is 0.0610. The molecule has 0 unspecified atom stereocenters. The molecule has 0 radical (unpaired) electrons. The van der Waals surface area contributed by atoms with Crippen molar-refractivity contribution in [1.29, 1.82) is 0 Å². The number of alkyl halides is 3. The monoisotopic (exact) mass is 407 g/mol. The molecule has 3 aromatic rings. The summed E-state index contributed by atoms with van der Waals surface area (Å²) in [5.74, 6) is -0.262. The van der Waals surface area contributed by atoms with Crippen LogP contribution in [0.25, 0.3) is 11.3 Å². The summed E-state index contributed by atoms with van der Waals surface area (Å²) in [6.45, 7) is 0.0610. The van der Waals surface area contributed by atoms with Crippen molar-refractivity contribution in [1.82, 2.24) is 10.2 Å². The molecule has 0 bridgehead atoms. The predicted octanol–water partition coefficient (Wildman–Crippen LogP) is 4.49. The number of hydrogen-bond acceptors (Lipinski definition) is 4. The number of aromatic nitrogens is 2. The molecule has 144 valence electrons. The zero-order valence-electron chi connectivity index (χ0n) is 14.2. The molecule has 0 aliphatic carbocycles. The summed E-state index contributed by atoms with van der Waals surface area (Å²) in [6, 6.07) is 10.8. The number of ether oxygens (including phenoxy) is 1. The average molecular weight is 408 g/mol. The fourth-order valence-corrected chi connectivity index (χ4v) is 2.72. The van der Waals surface area contributed by atoms with Crippen molar-refractivity contribution in [3.63, 3.8) is 0 Å². The van der Waals surface area contributed by atoms with E-state index in [0.717, 1.165) is 12.1 Å². The van der Waals surface area contributed by atoms with Gasteiger partial charge in [0, 0.05) is 5.56 Å². The number of amides is 1. The van der Waals surface area contributed by atoms with E-state index in [0.29, 0.717) is 16.9 Å². The van der Waals surface area contributed by atoms with Crippen LogP contribution in [0.3, 0.4) is 0 Å². The van der Waals surface area contributed by atoms with E-state index in [9.17, 15) is 18.0 Å². The molecular formula is C19H13ClF3N3O2. The Morgan fingerprint density at radius 3 is 2.43 bits per heavy atom. The van der Waals surface area contributed by atoms with Crippen molar-refractivity contribution >= 4 is 17.5 Å². The van der Waals surface area contributed by atoms with Crippen LogP contribution in [0.15, 0.2) is 54.7 Å². The second kappa shape index (κ2) is 7.85. The molecule has 1 amide bonds. The minimum Gasteiger partial charge on any atom is -0.489 e. The van der Waals surface area contributed by atoms with Crippen LogP contribution in [0.5, 0.6) is 5.75 Å². The molecule has 0 saturated carbocycles. The molecule has 9 heteroatoms. The van der Waals surface area contributed by atoms with Crippen molar-refractivity contribution in [3.05, 3.63) is 76.4 Å². The molecule has 0 fully saturated rings. The number of halogens is 4. The number of carbonyl (C=O) groups excluding carboxylic acids is 1. The number of primary amides is 1. The van der Waals surface area contributed by atoms with Gasteiger partial charge in [0.25, 0.3) is 5.91 Å². The predicted molar refractivity (Wildman–Crippen MR) is 96.8 cm³/mol. The van der Waals surface area contributed by atoms with Crippen molar-refractivity contribution in [2.75, 3.05) is 0 Å². The molecular weight excluding hydrogens is 395 g/mol. The molecule has 1 heterocycles. The first-order valence-electron chi connectivity index (χ1n) is 7.96. The quantitative estimate of drug-likeness (QED) is 0.675. The van der Waals surface area contributed by atoms with Crippen LogP contribution in [0.2, 0.25) is 5.02 Å². The van der Waals surface area contributed by atoms with Crippen molar-refractivity contribution in [2.24, 2.45) is 5.73 Å². The summed E-state index contributed by atoms with van der Waals surface area (Å²) in [6.07, 6.45) is -3.04. The Labute approximate surface area is 162 Å². The van der Waals surface area contributed by atoms with Gasteiger partial charge in [-0.25, -0.2) is 0 Å². The molecule has 0 aliphatic rings. The van der Waals surface area contributed by atoms with Crippen LogP contribution >= 0.6 is 11.6 Å². The lowest BCUT2D eigenvalue weighted by Gasteiger charge is -2.11. The second-order valence-corrected chi connectivity index (χ2v) is 6.19. The second-order valence-electron chi connectivity index (χ2n) is 5.78. The van der Waals surface area contributed by atoms with E-state index >= 15 is 0 Å². The lowest BCUT2D eigenvalue weighted by Crippen LogP contribution is -2.13. The number of rotatable bonds is 5. The molecule has 1 aromatic heterocycles. The summed E-state index contributed by atoms with van der Waals surface area (Å²) < 4.78 is 43.3. The molecule has 2 aromatic carbocycles. The Morgan fingerprint density at radius 1 is 1.11 bits per heavy atom. The highest BCUT2D eigenvalue weighted by molar-refractivity contribution is 6.33. The minimum atomic E-state index is -4.38. The molecule has 0 saturated heterocycles. The van der Waals surface area contributed by atoms with E-state index in [1.54, 1.807) is 12.1 Å². The number of nitrogens with zero attached hydrogens (tertiary/aromatic N) is 2. The van der Waals surface area contributed by atoms with Crippen LogP contribution in [-0.2, 0) is 12.8 Å². The van der Waals surface area contributed by atoms with E-state index in [1.807, 2.05) is 0 Å². The van der Waals surface area contributed by atoms with Gasteiger partial charge < -0.3 is 10.5 Å². The fourth-order valence-electron chi connectivity index (χ4n) is 2.46. The zero-order chi connectivity index (χ0) is 20.3. The van der Waals surface area contributed by atoms with Gasteiger partial charge in [-0.3, -0.25) is 4.79 Å². The Hall–Kier alpha value is -3.13. The number of hydrogen-bond donors (Lipinski definition) is 1. The number of nitrogens with two attached hydrogens (primary N) is 1. The van der Waals surface area contributed by atoms with E-state index in [4.69, 9.17) is 22.1 Å². The van der Waals surface area contributed by atoms with E-state index in [2.05, 4.69) is 10.2 Å². The normalized spacial score (nSPS) is 11.3. The highest BCUT2D eigenvalue weighted by Crippen LogP contribution is 2.32. The highest BCUT2D eigenvalue weighted by Gasteiger charge is 2.29. The molecule has 28 heavy (non-hydrogen) atoms. The number of carbonyl (C=O) groups is 1. The third-order valence-corrected chi connectivity index (χ3v) is 4.18. The molecule has 2 N–H and O–H groups in total. The van der Waals surface area contributed by atoms with E-state index in [-0.39, 0.29) is 22.9 Å². The van der Waals surface area contributed by atoms with Crippen LogP contribution < -0.4 is 10.5 Å². The summed E-state index contributed by atoms with van der Waals surface area (Å²) in [7, 11) is 0. The average Bonchev–Trinajstić information content (AvgIpc) is 2.66. The first kappa shape index (κ1) is 19.6. The Kier molecular flexibility index (Phi) is 5.51. The Bertz CT molecular complexity index is 1010.